The Morgan fingerprint density at radius 2 is 2.14 bits per heavy atom. The van der Waals surface area contributed by atoms with Crippen LogP contribution in [0, 0.1) is 11.3 Å². The molecule has 1 aromatic heterocycles. The Balaban J connectivity index is 2.28. The molecule has 0 aliphatic carbocycles. The van der Waals surface area contributed by atoms with E-state index >= 15 is 0 Å². The van der Waals surface area contributed by atoms with Gasteiger partial charge < -0.3 is 15.5 Å². The lowest BCUT2D eigenvalue weighted by Gasteiger charge is -2.06. The molecule has 0 saturated heterocycles. The average molecular weight is 388 g/mol. The van der Waals surface area contributed by atoms with Crippen molar-refractivity contribution in [2.24, 2.45) is 10.7 Å². The summed E-state index contributed by atoms with van der Waals surface area (Å²) in [6, 6.07) is 9.02. The van der Waals surface area contributed by atoms with E-state index in [0.29, 0.717) is 40.9 Å². The summed E-state index contributed by atoms with van der Waals surface area (Å²) in [5.74, 6) is 0. The van der Waals surface area contributed by atoms with Crippen molar-refractivity contribution < 1.29 is 4.74 Å². The zero-order chi connectivity index (χ0) is 21.2. The lowest BCUT2D eigenvalue weighted by atomic mass is 10.0. The maximum Gasteiger partial charge on any atom is 0.256 e. The summed E-state index contributed by atoms with van der Waals surface area (Å²) in [4.78, 5) is 19.6. The minimum absolute atomic E-state index is 0.243. The van der Waals surface area contributed by atoms with Crippen molar-refractivity contribution >= 4 is 22.6 Å². The Morgan fingerprint density at radius 3 is 2.83 bits per heavy atom. The van der Waals surface area contributed by atoms with Crippen molar-refractivity contribution in [3.63, 3.8) is 0 Å². The number of methoxy groups -OCH3 is 1. The molecular weight excluding hydrogens is 364 g/mol. The second kappa shape index (κ2) is 10.6. The van der Waals surface area contributed by atoms with Gasteiger partial charge in [-0.3, -0.25) is 9.79 Å². The highest BCUT2D eigenvalue weighted by atomic mass is 16.5. The molecule has 2 aromatic rings. The molecule has 0 aliphatic heterocycles. The predicted octanol–water partition coefficient (Wildman–Crippen LogP) is 3.48. The van der Waals surface area contributed by atoms with Crippen LogP contribution in [0.1, 0.15) is 18.2 Å². The number of fused-ring (bicyclic) bond motifs is 1. The third-order valence-corrected chi connectivity index (χ3v) is 4.13. The molecule has 0 saturated carbocycles. The summed E-state index contributed by atoms with van der Waals surface area (Å²) in [5.41, 5.74) is 8.89. The molecule has 0 bridgehead atoms. The first kappa shape index (κ1) is 21.6. The monoisotopic (exact) mass is 388 g/mol. The van der Waals surface area contributed by atoms with Gasteiger partial charge in [-0.15, -0.1) is 0 Å². The van der Waals surface area contributed by atoms with Crippen molar-refractivity contribution in [3.8, 4) is 6.07 Å². The molecule has 0 unspecified atom stereocenters. The maximum atomic E-state index is 12.4. The number of aliphatic imine (C=N–C) groups is 1. The third kappa shape index (κ3) is 5.89. The number of pyridine rings is 1. The number of rotatable bonds is 8. The highest BCUT2D eigenvalue weighted by Gasteiger charge is 2.07. The standard InChI is InChI=1S/C23H24N4O2/c1-4-17(9-8-16(2)14-26-11-10-19(25)15-29-3)22-12-21-18(13-24)6-5-7-20(21)23(28)27-22/h4-12H,1,14-15,25H2,2-3H3,(H,27,28)/b16-8+,17-9+,19-10?,26-11?. The summed E-state index contributed by atoms with van der Waals surface area (Å²) in [5, 5.41) is 10.4. The van der Waals surface area contributed by atoms with Gasteiger partial charge >= 0.3 is 0 Å². The second-order valence-corrected chi connectivity index (χ2v) is 6.39. The van der Waals surface area contributed by atoms with Gasteiger partial charge in [0.15, 0.2) is 0 Å². The van der Waals surface area contributed by atoms with E-state index in [9.17, 15) is 10.1 Å². The number of allylic oxidation sites excluding steroid dienone is 5. The molecule has 3 N–H and O–H groups in total. The van der Waals surface area contributed by atoms with E-state index in [1.54, 1.807) is 49.7 Å². The minimum Gasteiger partial charge on any atom is -0.400 e. The van der Waals surface area contributed by atoms with Gasteiger partial charge in [0.05, 0.1) is 24.8 Å². The summed E-state index contributed by atoms with van der Waals surface area (Å²) in [7, 11) is 1.58. The van der Waals surface area contributed by atoms with Gasteiger partial charge in [0.2, 0.25) is 0 Å². The zero-order valence-electron chi connectivity index (χ0n) is 16.6. The molecule has 0 radical (unpaired) electrons. The number of benzene rings is 1. The normalized spacial score (nSPS) is 13.1. The van der Waals surface area contributed by atoms with E-state index in [4.69, 9.17) is 10.5 Å². The molecule has 29 heavy (non-hydrogen) atoms. The molecule has 0 aliphatic rings. The van der Waals surface area contributed by atoms with Crippen molar-refractivity contribution in [1.29, 1.82) is 5.26 Å². The van der Waals surface area contributed by atoms with Crippen molar-refractivity contribution in [1.82, 2.24) is 4.98 Å². The van der Waals surface area contributed by atoms with E-state index in [1.807, 2.05) is 19.1 Å². The third-order valence-electron chi connectivity index (χ3n) is 4.13. The maximum absolute atomic E-state index is 12.4. The van der Waals surface area contributed by atoms with Gasteiger partial charge in [0.1, 0.15) is 0 Å². The number of hydrogen-bond acceptors (Lipinski definition) is 5. The number of nitriles is 1. The van der Waals surface area contributed by atoms with Crippen LogP contribution in [0.4, 0.5) is 0 Å². The number of nitrogens with zero attached hydrogens (tertiary/aromatic N) is 2. The number of ether oxygens (including phenoxy) is 1. The molecule has 6 nitrogen and oxygen atoms in total. The summed E-state index contributed by atoms with van der Waals surface area (Å²) >= 11 is 0. The van der Waals surface area contributed by atoms with E-state index in [2.05, 4.69) is 22.6 Å². The Hall–Kier alpha value is -3.69. The molecule has 148 valence electrons. The summed E-state index contributed by atoms with van der Waals surface area (Å²) in [6.07, 6.45) is 8.78. The van der Waals surface area contributed by atoms with Crippen LogP contribution in [-0.4, -0.2) is 31.5 Å². The summed E-state index contributed by atoms with van der Waals surface area (Å²) < 4.78 is 4.92. The minimum atomic E-state index is -0.243. The summed E-state index contributed by atoms with van der Waals surface area (Å²) in [6.45, 7) is 6.65. The molecule has 0 atom stereocenters. The highest BCUT2D eigenvalue weighted by molar-refractivity contribution is 5.90. The molecule has 2 rings (SSSR count). The molecular formula is C23H24N4O2. The van der Waals surface area contributed by atoms with E-state index in [0.717, 1.165) is 11.1 Å². The smallest absolute Gasteiger partial charge is 0.256 e. The molecule has 6 heteroatoms. The molecule has 0 fully saturated rings. The van der Waals surface area contributed by atoms with Crippen LogP contribution in [-0.2, 0) is 4.74 Å². The Kier molecular flexibility index (Phi) is 7.89. The van der Waals surface area contributed by atoms with Gasteiger partial charge in [-0.1, -0.05) is 36.4 Å². The van der Waals surface area contributed by atoms with Gasteiger partial charge in [-0.25, -0.2) is 0 Å². The second-order valence-electron chi connectivity index (χ2n) is 6.39. The number of nitrogens with two attached hydrogens (primary N) is 1. The molecule has 1 aromatic carbocycles. The van der Waals surface area contributed by atoms with Crippen LogP contribution >= 0.6 is 0 Å². The van der Waals surface area contributed by atoms with Crippen LogP contribution in [0.25, 0.3) is 16.3 Å². The van der Waals surface area contributed by atoms with Crippen molar-refractivity contribution in [2.45, 2.75) is 6.92 Å². The largest absolute Gasteiger partial charge is 0.400 e. The fourth-order valence-electron chi connectivity index (χ4n) is 2.65. The fraction of sp³-hybridized carbons (Fsp3) is 0.174. The van der Waals surface area contributed by atoms with Crippen LogP contribution in [0.3, 0.4) is 0 Å². The number of H-pyrrole nitrogens is 1. The fourth-order valence-corrected chi connectivity index (χ4v) is 2.65. The zero-order valence-corrected chi connectivity index (χ0v) is 16.6. The highest BCUT2D eigenvalue weighted by Crippen LogP contribution is 2.20. The Labute approximate surface area is 170 Å². The number of aromatic nitrogens is 1. The first-order valence-corrected chi connectivity index (χ1v) is 9.00. The topological polar surface area (TPSA) is 104 Å². The van der Waals surface area contributed by atoms with Crippen LogP contribution in [0.5, 0.6) is 0 Å². The number of nitrogens with one attached hydrogen (secondary N) is 1. The van der Waals surface area contributed by atoms with Crippen LogP contribution < -0.4 is 11.3 Å². The van der Waals surface area contributed by atoms with Crippen LogP contribution in [0.15, 0.2) is 76.2 Å². The van der Waals surface area contributed by atoms with Gasteiger partial charge in [0.25, 0.3) is 5.56 Å². The SMILES string of the molecule is C=C/C(=C\C=C(/C)CN=CC=C(N)COC)c1cc2c(C#N)cccc2c(=O)[nH]1. The molecule has 1 heterocycles. The van der Waals surface area contributed by atoms with Gasteiger partial charge in [-0.05, 0) is 36.8 Å². The van der Waals surface area contributed by atoms with Crippen LogP contribution in [0.2, 0.25) is 0 Å². The van der Waals surface area contributed by atoms with Crippen molar-refractivity contribution in [3.05, 3.63) is 88.0 Å². The predicted molar refractivity (Wildman–Crippen MR) is 119 cm³/mol. The van der Waals surface area contributed by atoms with E-state index < -0.39 is 0 Å². The Bertz CT molecular complexity index is 1110. The van der Waals surface area contributed by atoms with Gasteiger partial charge in [0, 0.05) is 35.5 Å². The first-order valence-electron chi connectivity index (χ1n) is 9.00. The lowest BCUT2D eigenvalue weighted by Crippen LogP contribution is -2.09. The first-order chi connectivity index (χ1) is 14.0. The number of aromatic amines is 1. The average Bonchev–Trinajstić information content (AvgIpc) is 2.71. The Morgan fingerprint density at radius 1 is 1.34 bits per heavy atom. The lowest BCUT2D eigenvalue weighted by molar-refractivity contribution is 0.225. The van der Waals surface area contributed by atoms with E-state index in [-0.39, 0.29) is 5.56 Å². The molecule has 0 spiro atoms. The molecule has 0 amide bonds. The van der Waals surface area contributed by atoms with Gasteiger partial charge in [-0.2, -0.15) is 5.26 Å². The number of hydrogen-bond donors (Lipinski definition) is 2. The van der Waals surface area contributed by atoms with Crippen molar-refractivity contribution in [2.75, 3.05) is 20.3 Å². The quantitative estimate of drug-likeness (QED) is 0.533. The van der Waals surface area contributed by atoms with E-state index in [1.165, 1.54) is 0 Å².